The number of piperidine rings is 1. The van der Waals surface area contributed by atoms with Crippen molar-refractivity contribution < 1.29 is 23.5 Å². The molecular formula is C19H19BrN2O5. The van der Waals surface area contributed by atoms with E-state index < -0.39 is 0 Å². The lowest BCUT2D eigenvalue weighted by Gasteiger charge is -2.31. The number of nitrogens with one attached hydrogen (secondary N) is 1. The molecule has 1 aromatic carbocycles. The van der Waals surface area contributed by atoms with Crippen molar-refractivity contribution in [3.8, 4) is 11.5 Å². The smallest absolute Gasteiger partial charge is 0.289 e. The lowest BCUT2D eigenvalue weighted by molar-refractivity contribution is -0.121. The van der Waals surface area contributed by atoms with Crippen LogP contribution in [0.4, 0.5) is 5.69 Å². The number of rotatable bonds is 3. The van der Waals surface area contributed by atoms with Gasteiger partial charge in [-0.3, -0.25) is 9.59 Å². The fraction of sp³-hybridized carbons (Fsp3) is 0.368. The molecule has 0 spiro atoms. The molecule has 2 amide bonds. The molecule has 3 heterocycles. The monoisotopic (exact) mass is 434 g/mol. The van der Waals surface area contributed by atoms with E-state index in [0.29, 0.717) is 62.1 Å². The van der Waals surface area contributed by atoms with Crippen molar-refractivity contribution in [1.29, 1.82) is 0 Å². The largest absolute Gasteiger partial charge is 0.486 e. The molecule has 8 heteroatoms. The molecule has 1 saturated heterocycles. The third kappa shape index (κ3) is 3.80. The van der Waals surface area contributed by atoms with Gasteiger partial charge in [-0.2, -0.15) is 0 Å². The van der Waals surface area contributed by atoms with Crippen molar-refractivity contribution in [3.05, 3.63) is 40.8 Å². The Labute approximate surface area is 164 Å². The van der Waals surface area contributed by atoms with Gasteiger partial charge in [0.25, 0.3) is 5.91 Å². The van der Waals surface area contributed by atoms with Gasteiger partial charge in [0, 0.05) is 35.6 Å². The summed E-state index contributed by atoms with van der Waals surface area (Å²) in [6.45, 7) is 2.06. The standard InChI is InChI=1S/C19H19BrN2O5/c20-13-10-16-17(27-9-8-26-16)11-14(13)21-18(23)12-3-5-22(6-4-12)19(24)15-2-1-7-25-15/h1-2,7,10-12H,3-6,8-9H2,(H,21,23). The van der Waals surface area contributed by atoms with Crippen LogP contribution in [0.2, 0.25) is 0 Å². The van der Waals surface area contributed by atoms with Crippen LogP contribution >= 0.6 is 15.9 Å². The molecule has 1 aromatic heterocycles. The van der Waals surface area contributed by atoms with Gasteiger partial charge in [-0.05, 0) is 40.9 Å². The summed E-state index contributed by atoms with van der Waals surface area (Å²) in [5.74, 6) is 1.28. The van der Waals surface area contributed by atoms with Crippen molar-refractivity contribution in [2.45, 2.75) is 12.8 Å². The summed E-state index contributed by atoms with van der Waals surface area (Å²) < 4.78 is 17.0. The highest BCUT2D eigenvalue weighted by molar-refractivity contribution is 9.10. The van der Waals surface area contributed by atoms with Crippen molar-refractivity contribution in [3.63, 3.8) is 0 Å². The predicted octanol–water partition coefficient (Wildman–Crippen LogP) is 3.30. The second-order valence-electron chi connectivity index (χ2n) is 6.51. The number of carbonyl (C=O) groups excluding carboxylic acids is 2. The quantitative estimate of drug-likeness (QED) is 0.801. The zero-order chi connectivity index (χ0) is 18.8. The highest BCUT2D eigenvalue weighted by atomic mass is 79.9. The molecule has 0 aliphatic carbocycles. The molecular weight excluding hydrogens is 416 g/mol. The molecule has 2 aliphatic rings. The molecule has 0 radical (unpaired) electrons. The first-order valence-electron chi connectivity index (χ1n) is 8.84. The SMILES string of the molecule is O=C(Nc1cc2c(cc1Br)OCCO2)C1CCN(C(=O)c2ccco2)CC1. The van der Waals surface area contributed by atoms with E-state index in [4.69, 9.17) is 13.9 Å². The van der Waals surface area contributed by atoms with Crippen LogP contribution in [-0.2, 0) is 4.79 Å². The maximum absolute atomic E-state index is 12.7. The molecule has 1 N–H and O–H groups in total. The summed E-state index contributed by atoms with van der Waals surface area (Å²) in [4.78, 5) is 26.7. The van der Waals surface area contributed by atoms with Crippen LogP contribution in [0, 0.1) is 5.92 Å². The van der Waals surface area contributed by atoms with Gasteiger partial charge >= 0.3 is 0 Å². The summed E-state index contributed by atoms with van der Waals surface area (Å²) in [5.41, 5.74) is 0.651. The molecule has 4 rings (SSSR count). The lowest BCUT2D eigenvalue weighted by atomic mass is 9.95. The molecule has 0 bridgehead atoms. The number of ether oxygens (including phenoxy) is 2. The molecule has 0 atom stereocenters. The van der Waals surface area contributed by atoms with Crippen LogP contribution in [0.1, 0.15) is 23.4 Å². The third-order valence-corrected chi connectivity index (χ3v) is 5.43. The summed E-state index contributed by atoms with van der Waals surface area (Å²) in [6.07, 6.45) is 2.71. The van der Waals surface area contributed by atoms with Crippen molar-refractivity contribution in [2.24, 2.45) is 5.92 Å². The number of benzene rings is 1. The maximum atomic E-state index is 12.7. The molecule has 27 heavy (non-hydrogen) atoms. The number of amides is 2. The van der Waals surface area contributed by atoms with Gasteiger partial charge in [-0.15, -0.1) is 0 Å². The average Bonchev–Trinajstić information content (AvgIpc) is 3.23. The maximum Gasteiger partial charge on any atom is 0.289 e. The molecule has 0 saturated carbocycles. The predicted molar refractivity (Wildman–Crippen MR) is 101 cm³/mol. The fourth-order valence-corrected chi connectivity index (χ4v) is 3.72. The number of nitrogens with zero attached hydrogens (tertiary/aromatic N) is 1. The third-order valence-electron chi connectivity index (χ3n) is 4.77. The van der Waals surface area contributed by atoms with Crippen LogP contribution in [0.25, 0.3) is 0 Å². The normalized spacial score (nSPS) is 16.9. The van der Waals surface area contributed by atoms with E-state index in [0.717, 1.165) is 4.47 Å². The highest BCUT2D eigenvalue weighted by Crippen LogP contribution is 2.38. The molecule has 1 fully saturated rings. The number of fused-ring (bicyclic) bond motifs is 1. The first-order chi connectivity index (χ1) is 13.1. The summed E-state index contributed by atoms with van der Waals surface area (Å²) in [6, 6.07) is 6.92. The molecule has 2 aromatic rings. The topological polar surface area (TPSA) is 81.0 Å². The van der Waals surface area contributed by atoms with Crippen LogP contribution in [0.15, 0.2) is 39.4 Å². The minimum absolute atomic E-state index is 0.0579. The molecule has 142 valence electrons. The Kier molecular flexibility index (Phi) is 5.07. The second-order valence-corrected chi connectivity index (χ2v) is 7.36. The van der Waals surface area contributed by atoms with Crippen LogP contribution < -0.4 is 14.8 Å². The van der Waals surface area contributed by atoms with Gasteiger partial charge in [-0.1, -0.05) is 0 Å². The number of likely N-dealkylation sites (tertiary alicyclic amines) is 1. The van der Waals surface area contributed by atoms with Crippen molar-refractivity contribution >= 4 is 33.4 Å². The van der Waals surface area contributed by atoms with E-state index in [1.807, 2.05) is 0 Å². The Morgan fingerprint density at radius 2 is 1.81 bits per heavy atom. The van der Waals surface area contributed by atoms with Crippen LogP contribution in [0.5, 0.6) is 11.5 Å². The number of carbonyl (C=O) groups is 2. The second kappa shape index (κ2) is 7.64. The van der Waals surface area contributed by atoms with Gasteiger partial charge in [-0.25, -0.2) is 0 Å². The lowest BCUT2D eigenvalue weighted by Crippen LogP contribution is -2.41. The number of furan rings is 1. The fourth-order valence-electron chi connectivity index (χ4n) is 3.30. The summed E-state index contributed by atoms with van der Waals surface area (Å²) >= 11 is 3.46. The number of anilines is 1. The average molecular weight is 435 g/mol. The van der Waals surface area contributed by atoms with Gasteiger partial charge in [0.15, 0.2) is 17.3 Å². The number of halogens is 1. The highest BCUT2D eigenvalue weighted by Gasteiger charge is 2.29. The van der Waals surface area contributed by atoms with E-state index >= 15 is 0 Å². The summed E-state index contributed by atoms with van der Waals surface area (Å²) in [5, 5.41) is 2.96. The van der Waals surface area contributed by atoms with E-state index in [-0.39, 0.29) is 17.7 Å². The Balaban J connectivity index is 1.37. The number of hydrogen-bond acceptors (Lipinski definition) is 5. The molecule has 2 aliphatic heterocycles. The van der Waals surface area contributed by atoms with Crippen LogP contribution in [0.3, 0.4) is 0 Å². The van der Waals surface area contributed by atoms with Crippen molar-refractivity contribution in [1.82, 2.24) is 4.90 Å². The van der Waals surface area contributed by atoms with E-state index in [9.17, 15) is 9.59 Å². The van der Waals surface area contributed by atoms with Crippen LogP contribution in [-0.4, -0.2) is 43.0 Å². The van der Waals surface area contributed by atoms with Gasteiger partial charge < -0.3 is 24.1 Å². The Morgan fingerprint density at radius 1 is 1.11 bits per heavy atom. The number of hydrogen-bond donors (Lipinski definition) is 1. The minimum atomic E-state index is -0.147. The van der Waals surface area contributed by atoms with Crippen molar-refractivity contribution in [2.75, 3.05) is 31.6 Å². The Bertz CT molecular complexity index is 844. The first-order valence-corrected chi connectivity index (χ1v) is 9.64. The molecule has 0 unspecified atom stereocenters. The minimum Gasteiger partial charge on any atom is -0.486 e. The zero-order valence-electron chi connectivity index (χ0n) is 14.6. The van der Waals surface area contributed by atoms with Gasteiger partial charge in [0.05, 0.1) is 12.0 Å². The van der Waals surface area contributed by atoms with Gasteiger partial charge in [0.2, 0.25) is 5.91 Å². The zero-order valence-corrected chi connectivity index (χ0v) is 16.2. The van der Waals surface area contributed by atoms with Gasteiger partial charge in [0.1, 0.15) is 13.2 Å². The Hall–Kier alpha value is -2.48. The summed E-state index contributed by atoms with van der Waals surface area (Å²) in [7, 11) is 0. The first kappa shape index (κ1) is 17.9. The van der Waals surface area contributed by atoms with E-state index in [1.165, 1.54) is 6.26 Å². The van der Waals surface area contributed by atoms with E-state index in [2.05, 4.69) is 21.2 Å². The van der Waals surface area contributed by atoms with E-state index in [1.54, 1.807) is 29.2 Å². The Morgan fingerprint density at radius 3 is 2.48 bits per heavy atom. The molecule has 7 nitrogen and oxygen atoms in total.